The van der Waals surface area contributed by atoms with E-state index in [4.69, 9.17) is 0 Å². The highest BCUT2D eigenvalue weighted by Gasteiger charge is 2.55. The van der Waals surface area contributed by atoms with Gasteiger partial charge in [-0.15, -0.1) is 0 Å². The summed E-state index contributed by atoms with van der Waals surface area (Å²) in [7, 11) is 0. The summed E-state index contributed by atoms with van der Waals surface area (Å²) in [6.45, 7) is 2.81. The Morgan fingerprint density at radius 3 is 2.43 bits per heavy atom. The number of alkyl halides is 3. The Balaban J connectivity index is 1.58. The van der Waals surface area contributed by atoms with Crippen LogP contribution in [-0.2, 0) is 12.1 Å². The minimum atomic E-state index is -4.84. The average molecular weight is 393 g/mol. The molecule has 0 bridgehead atoms. The first kappa shape index (κ1) is 19.0. The number of hydrogen-bond donors (Lipinski definition) is 1. The molecule has 1 aromatic carbocycles. The Kier molecular flexibility index (Phi) is 4.30. The maximum Gasteiger partial charge on any atom is 0.424 e. The molecule has 28 heavy (non-hydrogen) atoms. The van der Waals surface area contributed by atoms with E-state index in [0.29, 0.717) is 24.1 Å². The number of rotatable bonds is 3. The number of halogens is 3. The smallest absolute Gasteiger partial charge is 0.374 e. The molecule has 2 aliphatic rings. The number of hydrogen-bond acceptors (Lipinski definition) is 3. The van der Waals surface area contributed by atoms with Gasteiger partial charge in [0.2, 0.25) is 5.60 Å². The van der Waals surface area contributed by atoms with Gasteiger partial charge in [-0.2, -0.15) is 13.2 Å². The van der Waals surface area contributed by atoms with Crippen LogP contribution in [0.25, 0.3) is 0 Å². The third kappa shape index (κ3) is 3.09. The van der Waals surface area contributed by atoms with Crippen molar-refractivity contribution in [3.05, 3.63) is 53.1 Å². The van der Waals surface area contributed by atoms with Gasteiger partial charge < -0.3 is 14.6 Å². The molecule has 5 nitrogen and oxygen atoms in total. The second-order valence-corrected chi connectivity index (χ2v) is 7.94. The Labute approximate surface area is 160 Å². The molecule has 0 spiro atoms. The molecule has 2 heterocycles. The minimum absolute atomic E-state index is 0.147. The van der Waals surface area contributed by atoms with Crippen LogP contribution in [-0.4, -0.2) is 38.2 Å². The van der Waals surface area contributed by atoms with Crippen LogP contribution in [0.5, 0.6) is 0 Å². The van der Waals surface area contributed by atoms with Crippen molar-refractivity contribution in [1.82, 2.24) is 14.5 Å². The molecule has 0 radical (unpaired) electrons. The van der Waals surface area contributed by atoms with Crippen LogP contribution in [0.2, 0.25) is 0 Å². The van der Waals surface area contributed by atoms with E-state index in [1.54, 1.807) is 11.8 Å². The van der Waals surface area contributed by atoms with Crippen molar-refractivity contribution in [1.29, 1.82) is 0 Å². The van der Waals surface area contributed by atoms with Gasteiger partial charge in [-0.3, -0.25) is 4.79 Å². The molecule has 1 aliphatic carbocycles. The number of aromatic nitrogens is 2. The number of amides is 1. The predicted octanol–water partition coefficient (Wildman–Crippen LogP) is 3.75. The fourth-order valence-electron chi connectivity index (χ4n) is 3.80. The van der Waals surface area contributed by atoms with Crippen LogP contribution < -0.4 is 0 Å². The highest BCUT2D eigenvalue weighted by molar-refractivity contribution is 5.94. The van der Waals surface area contributed by atoms with Crippen molar-refractivity contribution in [2.75, 3.05) is 6.54 Å². The molecule has 1 aliphatic heterocycles. The zero-order valence-electron chi connectivity index (χ0n) is 15.7. The lowest BCUT2D eigenvalue weighted by atomic mass is 10.0. The zero-order valence-corrected chi connectivity index (χ0v) is 15.7. The van der Waals surface area contributed by atoms with Gasteiger partial charge in [0.15, 0.2) is 5.82 Å². The molecule has 1 N–H and O–H groups in total. The van der Waals surface area contributed by atoms with E-state index in [2.05, 4.69) is 4.98 Å². The molecule has 4 rings (SSSR count). The molecule has 0 saturated heterocycles. The highest BCUT2D eigenvalue weighted by Crippen LogP contribution is 2.41. The van der Waals surface area contributed by atoms with Crippen molar-refractivity contribution in [2.24, 2.45) is 0 Å². The Morgan fingerprint density at radius 2 is 1.86 bits per heavy atom. The first-order valence-corrected chi connectivity index (χ1v) is 9.34. The number of aliphatic hydroxyl groups is 1. The van der Waals surface area contributed by atoms with E-state index < -0.39 is 23.6 Å². The van der Waals surface area contributed by atoms with Gasteiger partial charge in [-0.05, 0) is 50.3 Å². The number of carbonyl (C=O) groups excluding carboxylic acids is 1. The molecule has 1 amide bonds. The van der Waals surface area contributed by atoms with Crippen LogP contribution in [0.4, 0.5) is 13.2 Å². The second-order valence-electron chi connectivity index (χ2n) is 7.94. The summed E-state index contributed by atoms with van der Waals surface area (Å²) in [6, 6.07) is 7.13. The number of imidazole rings is 1. The monoisotopic (exact) mass is 393 g/mol. The van der Waals surface area contributed by atoms with E-state index in [-0.39, 0.29) is 19.0 Å². The van der Waals surface area contributed by atoms with Crippen LogP contribution in [0.3, 0.4) is 0 Å². The average Bonchev–Trinajstić information content (AvgIpc) is 3.38. The molecule has 2 aromatic rings. The molecule has 150 valence electrons. The quantitative estimate of drug-likeness (QED) is 0.864. The van der Waals surface area contributed by atoms with E-state index in [1.165, 1.54) is 29.2 Å². The van der Waals surface area contributed by atoms with Gasteiger partial charge >= 0.3 is 6.18 Å². The number of nitrogens with zero attached hydrogens (tertiary/aromatic N) is 3. The normalized spacial score (nSPS) is 21.9. The van der Waals surface area contributed by atoms with Crippen molar-refractivity contribution >= 4 is 5.91 Å². The molecule has 8 heteroatoms. The highest BCUT2D eigenvalue weighted by atomic mass is 19.4. The summed E-state index contributed by atoms with van der Waals surface area (Å²) in [5.41, 5.74) is -0.779. The van der Waals surface area contributed by atoms with Crippen molar-refractivity contribution < 1.29 is 23.1 Å². The van der Waals surface area contributed by atoms with Crippen molar-refractivity contribution in [3.8, 4) is 0 Å². The van der Waals surface area contributed by atoms with Crippen LogP contribution in [0, 0.1) is 0 Å². The standard InChI is InChI=1S/C20H22F3N3O2/c1-12-10-25(17(27)15-7-5-14(6-8-15)13-3-4-13)11-16-9-24-18(26(12)16)19(2,28)20(21,22)23/h5-9,12-13,28H,3-4,10-11H2,1-2H3/t12-,19?/m0/s1. The van der Waals surface area contributed by atoms with Gasteiger partial charge in [-0.1, -0.05) is 12.1 Å². The van der Waals surface area contributed by atoms with Crippen molar-refractivity contribution in [2.45, 2.75) is 57.0 Å². The number of fused-ring (bicyclic) bond motifs is 1. The van der Waals surface area contributed by atoms with E-state index in [0.717, 1.165) is 0 Å². The fourth-order valence-corrected chi connectivity index (χ4v) is 3.80. The molecule has 1 saturated carbocycles. The zero-order chi connectivity index (χ0) is 20.3. The summed E-state index contributed by atoms with van der Waals surface area (Å²) in [5, 5.41) is 10.0. The van der Waals surface area contributed by atoms with Gasteiger partial charge in [0.05, 0.1) is 24.5 Å². The van der Waals surface area contributed by atoms with E-state index >= 15 is 0 Å². The predicted molar refractivity (Wildman–Crippen MR) is 95.7 cm³/mol. The molecule has 2 atom stereocenters. The molecule has 1 fully saturated rings. The largest absolute Gasteiger partial charge is 0.424 e. The third-order valence-corrected chi connectivity index (χ3v) is 5.63. The second kappa shape index (κ2) is 6.34. The summed E-state index contributed by atoms with van der Waals surface area (Å²) in [6.07, 6.45) is -1.16. The van der Waals surface area contributed by atoms with Crippen molar-refractivity contribution in [3.63, 3.8) is 0 Å². The lowest BCUT2D eigenvalue weighted by molar-refractivity contribution is -0.263. The maximum atomic E-state index is 13.2. The van der Waals surface area contributed by atoms with E-state index in [9.17, 15) is 23.1 Å². The summed E-state index contributed by atoms with van der Waals surface area (Å²) in [5.74, 6) is 0.00234. The Morgan fingerprint density at radius 1 is 1.21 bits per heavy atom. The maximum absolute atomic E-state index is 13.2. The van der Waals surface area contributed by atoms with Gasteiger partial charge in [0, 0.05) is 12.1 Å². The molecular weight excluding hydrogens is 371 g/mol. The van der Waals surface area contributed by atoms with E-state index in [1.807, 2.05) is 24.3 Å². The summed E-state index contributed by atoms with van der Waals surface area (Å²) in [4.78, 5) is 18.3. The lowest BCUT2D eigenvalue weighted by Crippen LogP contribution is -2.45. The SMILES string of the molecule is C[C@H]1CN(C(=O)c2ccc(C3CC3)cc2)Cc2cnc(C(C)(O)C(F)(F)F)n21. The van der Waals surface area contributed by atoms with Gasteiger partial charge in [-0.25, -0.2) is 4.98 Å². The Bertz CT molecular complexity index is 898. The Hall–Kier alpha value is -2.35. The number of carbonyl (C=O) groups is 1. The fraction of sp³-hybridized carbons (Fsp3) is 0.500. The third-order valence-electron chi connectivity index (χ3n) is 5.63. The van der Waals surface area contributed by atoms with Crippen LogP contribution >= 0.6 is 0 Å². The van der Waals surface area contributed by atoms with Crippen LogP contribution in [0.1, 0.15) is 66.1 Å². The van der Waals surface area contributed by atoms with Gasteiger partial charge in [0.25, 0.3) is 5.91 Å². The first-order chi connectivity index (χ1) is 13.1. The van der Waals surface area contributed by atoms with Gasteiger partial charge in [0.1, 0.15) is 0 Å². The first-order valence-electron chi connectivity index (χ1n) is 9.34. The molecular formula is C20H22F3N3O2. The summed E-state index contributed by atoms with van der Waals surface area (Å²) >= 11 is 0. The lowest BCUT2D eigenvalue weighted by Gasteiger charge is -2.36. The molecule has 1 unspecified atom stereocenters. The number of benzene rings is 1. The topological polar surface area (TPSA) is 58.4 Å². The minimum Gasteiger partial charge on any atom is -0.374 e. The summed E-state index contributed by atoms with van der Waals surface area (Å²) < 4.78 is 41.1. The molecule has 1 aromatic heterocycles. The van der Waals surface area contributed by atoms with Crippen LogP contribution in [0.15, 0.2) is 30.5 Å².